The molecule has 21 heavy (non-hydrogen) atoms. The lowest BCUT2D eigenvalue weighted by Gasteiger charge is -2.24. The number of ether oxygens (including phenoxy) is 1. The first-order valence-electron chi connectivity index (χ1n) is 8.25. The van der Waals surface area contributed by atoms with Gasteiger partial charge in [0.25, 0.3) is 0 Å². The normalized spacial score (nSPS) is 19.4. The van der Waals surface area contributed by atoms with Crippen molar-refractivity contribution in [1.29, 1.82) is 0 Å². The average Bonchev–Trinajstić information content (AvgIpc) is 2.52. The highest BCUT2D eigenvalue weighted by Crippen LogP contribution is 2.20. The van der Waals surface area contributed by atoms with Gasteiger partial charge in [-0.15, -0.1) is 0 Å². The molecule has 3 heteroatoms. The zero-order valence-electron chi connectivity index (χ0n) is 13.3. The highest BCUT2D eigenvalue weighted by atomic mass is 16.5. The van der Waals surface area contributed by atoms with E-state index in [4.69, 9.17) is 4.74 Å². The van der Waals surface area contributed by atoms with Crippen LogP contribution < -0.4 is 5.32 Å². The summed E-state index contributed by atoms with van der Waals surface area (Å²) in [5.74, 6) is 0. The topological polar surface area (TPSA) is 41.5 Å². The first kappa shape index (κ1) is 16.5. The van der Waals surface area contributed by atoms with Crippen LogP contribution in [0.5, 0.6) is 0 Å². The molecule has 0 bridgehead atoms. The maximum absolute atomic E-state index is 10.0. The molecule has 0 radical (unpaired) electrons. The summed E-state index contributed by atoms with van der Waals surface area (Å²) in [5, 5.41) is 13.4. The van der Waals surface area contributed by atoms with Crippen LogP contribution in [0.2, 0.25) is 0 Å². The molecule has 2 atom stereocenters. The monoisotopic (exact) mass is 291 g/mol. The molecule has 1 aromatic carbocycles. The molecule has 0 aromatic heterocycles. The smallest absolute Gasteiger partial charge is 0.0898 e. The van der Waals surface area contributed by atoms with Crippen LogP contribution in [0.4, 0.5) is 0 Å². The van der Waals surface area contributed by atoms with Gasteiger partial charge in [-0.05, 0) is 32.3 Å². The molecule has 0 heterocycles. The van der Waals surface area contributed by atoms with Crippen LogP contribution in [0, 0.1) is 6.92 Å². The molecule has 1 aliphatic rings. The van der Waals surface area contributed by atoms with E-state index in [1.54, 1.807) is 0 Å². The molecule has 0 spiro atoms. The van der Waals surface area contributed by atoms with E-state index >= 15 is 0 Å². The Hall–Kier alpha value is -0.900. The molecule has 0 amide bonds. The zero-order valence-corrected chi connectivity index (χ0v) is 13.3. The van der Waals surface area contributed by atoms with Gasteiger partial charge in [0.2, 0.25) is 0 Å². The summed E-state index contributed by atoms with van der Waals surface area (Å²) in [4.78, 5) is 0. The maximum Gasteiger partial charge on any atom is 0.0898 e. The third-order valence-corrected chi connectivity index (χ3v) is 4.31. The molecule has 2 rings (SSSR count). The largest absolute Gasteiger partial charge is 0.389 e. The third kappa shape index (κ3) is 5.77. The molecule has 2 N–H and O–H groups in total. The highest BCUT2D eigenvalue weighted by Gasteiger charge is 2.16. The second kappa shape index (κ2) is 8.52. The van der Waals surface area contributed by atoms with Gasteiger partial charge in [-0.25, -0.2) is 0 Å². The van der Waals surface area contributed by atoms with Crippen LogP contribution in [0.15, 0.2) is 24.3 Å². The minimum Gasteiger partial charge on any atom is -0.389 e. The molecule has 0 saturated heterocycles. The van der Waals surface area contributed by atoms with Crippen LogP contribution >= 0.6 is 0 Å². The summed E-state index contributed by atoms with van der Waals surface area (Å²) in [6, 6.07) is 8.76. The van der Waals surface area contributed by atoms with E-state index in [1.807, 2.05) is 0 Å². The van der Waals surface area contributed by atoms with Gasteiger partial charge in [-0.3, -0.25) is 0 Å². The second-order valence-corrected chi connectivity index (χ2v) is 6.29. The summed E-state index contributed by atoms with van der Waals surface area (Å²) < 4.78 is 5.81. The third-order valence-electron chi connectivity index (χ3n) is 4.31. The molecule has 1 fully saturated rings. The van der Waals surface area contributed by atoms with Crippen LogP contribution in [0.1, 0.15) is 56.2 Å². The highest BCUT2D eigenvalue weighted by molar-refractivity contribution is 5.23. The van der Waals surface area contributed by atoms with E-state index in [1.165, 1.54) is 30.4 Å². The Morgan fingerprint density at radius 2 is 1.86 bits per heavy atom. The predicted molar refractivity (Wildman–Crippen MR) is 86.4 cm³/mol. The summed E-state index contributed by atoms with van der Waals surface area (Å²) in [7, 11) is 0. The Labute approximate surface area is 128 Å². The van der Waals surface area contributed by atoms with Crippen molar-refractivity contribution < 1.29 is 9.84 Å². The predicted octanol–water partition coefficient (Wildman–Crippen LogP) is 3.36. The minimum atomic E-state index is -0.431. The molecule has 1 aromatic rings. The Morgan fingerprint density at radius 3 is 2.52 bits per heavy atom. The second-order valence-electron chi connectivity index (χ2n) is 6.29. The van der Waals surface area contributed by atoms with E-state index in [0.29, 0.717) is 19.3 Å². The van der Waals surface area contributed by atoms with Gasteiger partial charge in [0.15, 0.2) is 0 Å². The SMILES string of the molecule is Cc1ccc(C(C)NCC(O)COC2CCCCC2)cc1. The Kier molecular flexibility index (Phi) is 6.68. The van der Waals surface area contributed by atoms with Crippen molar-refractivity contribution in [1.82, 2.24) is 5.32 Å². The van der Waals surface area contributed by atoms with Crippen LogP contribution in [-0.4, -0.2) is 30.5 Å². The number of hydrogen-bond donors (Lipinski definition) is 2. The number of rotatable bonds is 7. The van der Waals surface area contributed by atoms with Gasteiger partial charge >= 0.3 is 0 Å². The van der Waals surface area contributed by atoms with Crippen molar-refractivity contribution in [2.75, 3.05) is 13.2 Å². The van der Waals surface area contributed by atoms with Crippen molar-refractivity contribution in [3.05, 3.63) is 35.4 Å². The van der Waals surface area contributed by atoms with Crippen molar-refractivity contribution in [3.63, 3.8) is 0 Å². The summed E-state index contributed by atoms with van der Waals surface area (Å²) >= 11 is 0. The maximum atomic E-state index is 10.0. The fourth-order valence-corrected chi connectivity index (χ4v) is 2.82. The molecule has 3 nitrogen and oxygen atoms in total. The number of aliphatic hydroxyl groups excluding tert-OH is 1. The van der Waals surface area contributed by atoms with Gasteiger partial charge in [0.05, 0.1) is 18.8 Å². The van der Waals surface area contributed by atoms with Crippen LogP contribution in [-0.2, 0) is 4.74 Å². The van der Waals surface area contributed by atoms with Crippen molar-refractivity contribution in [3.8, 4) is 0 Å². The van der Waals surface area contributed by atoms with E-state index in [2.05, 4.69) is 43.4 Å². The lowest BCUT2D eigenvalue weighted by molar-refractivity contribution is -0.0235. The number of hydrogen-bond acceptors (Lipinski definition) is 3. The Balaban J connectivity index is 1.65. The molecule has 2 unspecified atom stereocenters. The fraction of sp³-hybridized carbons (Fsp3) is 0.667. The molecule has 1 aliphatic carbocycles. The Bertz CT molecular complexity index is 398. The van der Waals surface area contributed by atoms with E-state index < -0.39 is 6.10 Å². The van der Waals surface area contributed by atoms with E-state index in [9.17, 15) is 5.11 Å². The minimum absolute atomic E-state index is 0.245. The van der Waals surface area contributed by atoms with Crippen LogP contribution in [0.25, 0.3) is 0 Å². The van der Waals surface area contributed by atoms with Crippen molar-refractivity contribution >= 4 is 0 Å². The molecule has 118 valence electrons. The number of benzene rings is 1. The fourth-order valence-electron chi connectivity index (χ4n) is 2.82. The van der Waals surface area contributed by atoms with Gasteiger partial charge in [-0.1, -0.05) is 49.1 Å². The summed E-state index contributed by atoms with van der Waals surface area (Å²) in [6.45, 7) is 5.23. The number of aliphatic hydroxyl groups is 1. The Morgan fingerprint density at radius 1 is 1.19 bits per heavy atom. The first-order chi connectivity index (χ1) is 10.1. The van der Waals surface area contributed by atoms with Crippen molar-refractivity contribution in [2.24, 2.45) is 0 Å². The lowest BCUT2D eigenvalue weighted by atomic mass is 9.98. The molecule has 0 aliphatic heterocycles. The van der Waals surface area contributed by atoms with Gasteiger partial charge in [0.1, 0.15) is 0 Å². The van der Waals surface area contributed by atoms with Crippen molar-refractivity contribution in [2.45, 2.75) is 64.2 Å². The van der Waals surface area contributed by atoms with Crippen LogP contribution in [0.3, 0.4) is 0 Å². The number of nitrogens with one attached hydrogen (secondary N) is 1. The summed E-state index contributed by atoms with van der Waals surface area (Å²) in [5.41, 5.74) is 2.52. The molecule has 1 saturated carbocycles. The van der Waals surface area contributed by atoms with Gasteiger partial charge in [0, 0.05) is 12.6 Å². The van der Waals surface area contributed by atoms with Gasteiger partial charge < -0.3 is 15.2 Å². The molecular formula is C18H29NO2. The summed E-state index contributed by atoms with van der Waals surface area (Å²) in [6.07, 6.45) is 6.10. The lowest BCUT2D eigenvalue weighted by Crippen LogP contribution is -2.33. The van der Waals surface area contributed by atoms with E-state index in [-0.39, 0.29) is 6.04 Å². The zero-order chi connectivity index (χ0) is 15.1. The molecular weight excluding hydrogens is 262 g/mol. The quantitative estimate of drug-likeness (QED) is 0.809. The average molecular weight is 291 g/mol. The standard InChI is InChI=1S/C18H29NO2/c1-14-8-10-16(11-9-14)15(2)19-12-17(20)13-21-18-6-4-3-5-7-18/h8-11,15,17-20H,3-7,12-13H2,1-2H3. The van der Waals surface area contributed by atoms with E-state index in [0.717, 1.165) is 12.8 Å². The van der Waals surface area contributed by atoms with Gasteiger partial charge in [-0.2, -0.15) is 0 Å². The first-order valence-corrected chi connectivity index (χ1v) is 8.25. The number of aryl methyl sites for hydroxylation is 1.